The molecule has 1 heterocycles. The lowest BCUT2D eigenvalue weighted by Gasteiger charge is -2.11. The van der Waals surface area contributed by atoms with Gasteiger partial charge in [0.25, 0.3) is 5.69 Å². The second kappa shape index (κ2) is 4.32. The molecule has 1 aromatic carbocycles. The number of nitrogens with one attached hydrogen (secondary N) is 1. The van der Waals surface area contributed by atoms with Crippen molar-refractivity contribution in [2.24, 2.45) is 12.8 Å². The molecule has 1 aromatic heterocycles. The average molecular weight is 264 g/mol. The largest absolute Gasteiger partial charge is 0.326 e. The number of rotatable bonds is 2. The van der Waals surface area contributed by atoms with Gasteiger partial charge in [0.2, 0.25) is 0 Å². The summed E-state index contributed by atoms with van der Waals surface area (Å²) < 4.78 is 1.08. The quantitative estimate of drug-likeness (QED) is 0.445. The second-order valence-electron chi connectivity index (χ2n) is 4.17. The third-order valence-electron chi connectivity index (χ3n) is 3.17. The summed E-state index contributed by atoms with van der Waals surface area (Å²) in [4.78, 5) is 36.0. The van der Waals surface area contributed by atoms with Crippen molar-refractivity contribution in [1.29, 1.82) is 0 Å². The maximum absolute atomic E-state index is 11.6. The highest BCUT2D eigenvalue weighted by atomic mass is 16.6. The van der Waals surface area contributed by atoms with E-state index in [0.717, 1.165) is 4.57 Å². The summed E-state index contributed by atoms with van der Waals surface area (Å²) in [5, 5.41) is 11.0. The van der Waals surface area contributed by atoms with Gasteiger partial charge in [-0.2, -0.15) is 0 Å². The average Bonchev–Trinajstić information content (AvgIpc) is 2.35. The lowest BCUT2D eigenvalue weighted by molar-refractivity contribution is -0.385. The fraction of sp³-hybridized carbons (Fsp3) is 0.273. The predicted octanol–water partition coefficient (Wildman–Crippen LogP) is -0.0979. The number of nitro groups is 1. The first-order valence-corrected chi connectivity index (χ1v) is 5.48. The lowest BCUT2D eigenvalue weighted by Crippen LogP contribution is -2.35. The molecule has 0 radical (unpaired) electrons. The minimum atomic E-state index is -0.780. The van der Waals surface area contributed by atoms with Crippen LogP contribution >= 0.6 is 0 Å². The van der Waals surface area contributed by atoms with Gasteiger partial charge in [-0.1, -0.05) is 0 Å². The van der Waals surface area contributed by atoms with Crippen molar-refractivity contribution in [3.8, 4) is 0 Å². The van der Waals surface area contributed by atoms with Crippen LogP contribution in [0.15, 0.2) is 15.7 Å². The van der Waals surface area contributed by atoms with Crippen molar-refractivity contribution in [1.82, 2.24) is 9.55 Å². The highest BCUT2D eigenvalue weighted by Crippen LogP contribution is 2.27. The van der Waals surface area contributed by atoms with Crippen molar-refractivity contribution in [2.75, 3.05) is 0 Å². The molecular weight excluding hydrogens is 252 g/mol. The zero-order chi connectivity index (χ0) is 14.3. The number of aromatic amines is 1. The topological polar surface area (TPSA) is 124 Å². The van der Waals surface area contributed by atoms with Crippen LogP contribution in [-0.2, 0) is 13.6 Å². The molecule has 19 heavy (non-hydrogen) atoms. The Kier molecular flexibility index (Phi) is 2.95. The standard InChI is InChI=1S/C11H12N4O4/c1-5-6(4-12)9-8(3-7(5)15(18)19)14(2)11(17)10(16)13-9/h3H,4,12H2,1-2H3,(H,13,16). The minimum Gasteiger partial charge on any atom is -0.326 e. The molecule has 0 amide bonds. The molecule has 0 saturated carbocycles. The molecule has 0 bridgehead atoms. The fourth-order valence-corrected chi connectivity index (χ4v) is 2.08. The summed E-state index contributed by atoms with van der Waals surface area (Å²) in [7, 11) is 1.39. The van der Waals surface area contributed by atoms with Crippen LogP contribution in [0.3, 0.4) is 0 Å². The second-order valence-corrected chi connectivity index (χ2v) is 4.17. The molecule has 100 valence electrons. The number of nitro benzene ring substituents is 1. The Bertz CT molecular complexity index is 803. The van der Waals surface area contributed by atoms with Gasteiger partial charge in [-0.25, -0.2) is 0 Å². The molecule has 8 nitrogen and oxygen atoms in total. The smallest absolute Gasteiger partial charge is 0.316 e. The number of H-pyrrole nitrogens is 1. The number of nitrogens with zero attached hydrogens (tertiary/aromatic N) is 2. The van der Waals surface area contributed by atoms with E-state index in [1.807, 2.05) is 0 Å². The molecular formula is C11H12N4O4. The maximum atomic E-state index is 11.6. The van der Waals surface area contributed by atoms with Crippen LogP contribution in [0.25, 0.3) is 11.0 Å². The van der Waals surface area contributed by atoms with Crippen molar-refractivity contribution in [3.63, 3.8) is 0 Å². The minimum absolute atomic E-state index is 0.0259. The van der Waals surface area contributed by atoms with Crippen LogP contribution in [0, 0.1) is 17.0 Å². The molecule has 0 unspecified atom stereocenters. The van der Waals surface area contributed by atoms with Crippen LogP contribution in [0.2, 0.25) is 0 Å². The van der Waals surface area contributed by atoms with Crippen LogP contribution in [0.5, 0.6) is 0 Å². The molecule has 0 aliphatic carbocycles. The van der Waals surface area contributed by atoms with E-state index in [9.17, 15) is 19.7 Å². The Labute approximate surface area is 106 Å². The Morgan fingerprint density at radius 3 is 2.63 bits per heavy atom. The van der Waals surface area contributed by atoms with Gasteiger partial charge in [0.05, 0.1) is 16.0 Å². The number of hydrogen-bond donors (Lipinski definition) is 2. The SMILES string of the molecule is Cc1c([N+](=O)[O-])cc2c([nH]c(=O)c(=O)n2C)c1CN. The summed E-state index contributed by atoms with van der Waals surface area (Å²) in [6.07, 6.45) is 0. The molecule has 0 atom stereocenters. The molecule has 3 N–H and O–H groups in total. The zero-order valence-corrected chi connectivity index (χ0v) is 10.4. The van der Waals surface area contributed by atoms with Gasteiger partial charge in [0, 0.05) is 30.8 Å². The normalized spacial score (nSPS) is 10.9. The van der Waals surface area contributed by atoms with E-state index < -0.39 is 16.0 Å². The van der Waals surface area contributed by atoms with Crippen LogP contribution in [0.4, 0.5) is 5.69 Å². The number of nitrogens with two attached hydrogens (primary N) is 1. The lowest BCUT2D eigenvalue weighted by atomic mass is 10.0. The maximum Gasteiger partial charge on any atom is 0.316 e. The predicted molar refractivity (Wildman–Crippen MR) is 69.1 cm³/mol. The van der Waals surface area contributed by atoms with Crippen molar-refractivity contribution in [2.45, 2.75) is 13.5 Å². The molecule has 8 heteroatoms. The molecule has 0 spiro atoms. The van der Waals surface area contributed by atoms with Crippen molar-refractivity contribution in [3.05, 3.63) is 48.0 Å². The van der Waals surface area contributed by atoms with Crippen LogP contribution in [-0.4, -0.2) is 14.5 Å². The Morgan fingerprint density at radius 2 is 2.11 bits per heavy atom. The van der Waals surface area contributed by atoms with Gasteiger partial charge in [-0.05, 0) is 6.92 Å². The van der Waals surface area contributed by atoms with Gasteiger partial charge < -0.3 is 15.3 Å². The fourth-order valence-electron chi connectivity index (χ4n) is 2.08. The number of hydrogen-bond acceptors (Lipinski definition) is 5. The van der Waals surface area contributed by atoms with Crippen LogP contribution in [0.1, 0.15) is 11.1 Å². The van der Waals surface area contributed by atoms with Crippen molar-refractivity contribution >= 4 is 16.7 Å². The highest BCUT2D eigenvalue weighted by Gasteiger charge is 2.19. The zero-order valence-electron chi connectivity index (χ0n) is 10.4. The highest BCUT2D eigenvalue weighted by molar-refractivity contribution is 5.83. The molecule has 2 aromatic rings. The molecule has 0 aliphatic rings. The third kappa shape index (κ3) is 1.82. The van der Waals surface area contributed by atoms with E-state index >= 15 is 0 Å². The molecule has 0 saturated heterocycles. The molecule has 0 fully saturated rings. The van der Waals surface area contributed by atoms with Gasteiger partial charge >= 0.3 is 11.1 Å². The number of benzene rings is 1. The third-order valence-corrected chi connectivity index (χ3v) is 3.17. The molecule has 2 rings (SSSR count). The summed E-state index contributed by atoms with van der Waals surface area (Å²) in [6, 6.07) is 1.27. The van der Waals surface area contributed by atoms with Gasteiger partial charge in [-0.15, -0.1) is 0 Å². The van der Waals surface area contributed by atoms with Gasteiger partial charge in [0.1, 0.15) is 0 Å². The summed E-state index contributed by atoms with van der Waals surface area (Å²) in [5.41, 5.74) is 5.39. The number of aromatic nitrogens is 2. The monoisotopic (exact) mass is 264 g/mol. The van der Waals surface area contributed by atoms with Crippen molar-refractivity contribution < 1.29 is 4.92 Å². The number of fused-ring (bicyclic) bond motifs is 1. The van der Waals surface area contributed by atoms with E-state index in [1.165, 1.54) is 13.1 Å². The first-order valence-electron chi connectivity index (χ1n) is 5.48. The Hall–Kier alpha value is -2.48. The molecule has 0 aliphatic heterocycles. The first-order chi connectivity index (χ1) is 8.88. The summed E-state index contributed by atoms with van der Waals surface area (Å²) in [5.74, 6) is 0. The van der Waals surface area contributed by atoms with E-state index in [1.54, 1.807) is 6.92 Å². The Balaban J connectivity index is 3.11. The van der Waals surface area contributed by atoms with E-state index in [4.69, 9.17) is 5.73 Å². The van der Waals surface area contributed by atoms with E-state index in [0.29, 0.717) is 16.6 Å². The summed E-state index contributed by atoms with van der Waals surface area (Å²) >= 11 is 0. The van der Waals surface area contributed by atoms with Gasteiger partial charge in [0.15, 0.2) is 0 Å². The number of aryl methyl sites for hydroxylation is 1. The Morgan fingerprint density at radius 1 is 1.47 bits per heavy atom. The van der Waals surface area contributed by atoms with Crippen LogP contribution < -0.4 is 16.9 Å². The van der Waals surface area contributed by atoms with E-state index in [2.05, 4.69) is 4.98 Å². The first kappa shape index (κ1) is 13.0. The van der Waals surface area contributed by atoms with Gasteiger partial charge in [-0.3, -0.25) is 19.7 Å². The summed E-state index contributed by atoms with van der Waals surface area (Å²) in [6.45, 7) is 1.58. The van der Waals surface area contributed by atoms with E-state index in [-0.39, 0.29) is 17.7 Å².